The van der Waals surface area contributed by atoms with Crippen LogP contribution in [-0.2, 0) is 4.74 Å². The van der Waals surface area contributed by atoms with Crippen molar-refractivity contribution in [1.29, 1.82) is 0 Å². The van der Waals surface area contributed by atoms with Gasteiger partial charge in [0.15, 0.2) is 0 Å². The Morgan fingerprint density at radius 3 is 2.81 bits per heavy atom. The second-order valence-electron chi connectivity index (χ2n) is 4.06. The number of cyclic esters (lactones) is 1. The molecule has 0 radical (unpaired) electrons. The Morgan fingerprint density at radius 2 is 2.25 bits per heavy atom. The third-order valence-corrected chi connectivity index (χ3v) is 3.29. The Hall–Kier alpha value is -1.07. The van der Waals surface area contributed by atoms with Gasteiger partial charge in [0, 0.05) is 11.0 Å². The molecule has 2 rings (SSSR count). The fourth-order valence-electron chi connectivity index (χ4n) is 1.66. The molecule has 0 aliphatic carbocycles. The van der Waals surface area contributed by atoms with E-state index in [0.29, 0.717) is 13.1 Å². The average molecular weight is 285 g/mol. The minimum atomic E-state index is -0.591. The summed E-state index contributed by atoms with van der Waals surface area (Å²) in [5.41, 5.74) is 5.81. The average Bonchev–Trinajstić information content (AvgIpc) is 2.56. The maximum atomic E-state index is 11.7. The van der Waals surface area contributed by atoms with E-state index in [4.69, 9.17) is 10.5 Å². The first-order chi connectivity index (χ1) is 7.56. The fraction of sp³-hybridized carbons (Fsp3) is 0.364. The predicted octanol–water partition coefficient (Wildman–Crippen LogP) is 2.12. The van der Waals surface area contributed by atoms with Gasteiger partial charge in [0.2, 0.25) is 0 Å². The van der Waals surface area contributed by atoms with Crippen LogP contribution in [0.15, 0.2) is 28.7 Å². The van der Waals surface area contributed by atoms with E-state index in [0.717, 1.165) is 10.2 Å². The van der Waals surface area contributed by atoms with Gasteiger partial charge in [0.25, 0.3) is 0 Å². The summed E-state index contributed by atoms with van der Waals surface area (Å²) in [6.45, 7) is 2.63. The van der Waals surface area contributed by atoms with Gasteiger partial charge < -0.3 is 10.5 Å². The summed E-state index contributed by atoms with van der Waals surface area (Å²) in [5.74, 6) is 0. The molecule has 0 spiro atoms. The zero-order valence-electron chi connectivity index (χ0n) is 8.94. The molecule has 1 heterocycles. The standard InChI is InChI=1S/C11H13BrN2O2/c1-11(6-13)7-14(10(15)16-11)9-5-3-2-4-8(9)12/h2-5H,6-7,13H2,1H3. The lowest BCUT2D eigenvalue weighted by molar-refractivity contribution is 0.0789. The maximum Gasteiger partial charge on any atom is 0.415 e. The molecule has 1 saturated heterocycles. The van der Waals surface area contributed by atoms with Crippen molar-refractivity contribution in [3.8, 4) is 0 Å². The number of ether oxygens (including phenoxy) is 1. The second-order valence-corrected chi connectivity index (χ2v) is 4.91. The minimum absolute atomic E-state index is 0.319. The van der Waals surface area contributed by atoms with E-state index in [1.165, 1.54) is 0 Å². The Morgan fingerprint density at radius 1 is 1.56 bits per heavy atom. The number of halogens is 1. The molecule has 0 bridgehead atoms. The highest BCUT2D eigenvalue weighted by atomic mass is 79.9. The normalized spacial score (nSPS) is 24.7. The smallest absolute Gasteiger partial charge is 0.415 e. The van der Waals surface area contributed by atoms with Gasteiger partial charge in [-0.2, -0.15) is 0 Å². The van der Waals surface area contributed by atoms with Gasteiger partial charge in [-0.3, -0.25) is 4.90 Å². The van der Waals surface area contributed by atoms with Crippen LogP contribution in [0.2, 0.25) is 0 Å². The molecule has 5 heteroatoms. The van der Waals surface area contributed by atoms with Crippen LogP contribution < -0.4 is 10.6 Å². The van der Waals surface area contributed by atoms with Gasteiger partial charge in [0.05, 0.1) is 12.2 Å². The summed E-state index contributed by atoms with van der Waals surface area (Å²) < 4.78 is 6.13. The second kappa shape index (κ2) is 4.07. The summed E-state index contributed by atoms with van der Waals surface area (Å²) >= 11 is 3.41. The molecule has 1 aromatic carbocycles. The number of amides is 1. The Balaban J connectivity index is 2.31. The van der Waals surface area contributed by atoms with E-state index in [1.54, 1.807) is 4.90 Å². The number of carbonyl (C=O) groups is 1. The van der Waals surface area contributed by atoms with E-state index >= 15 is 0 Å². The molecule has 1 atom stereocenters. The lowest BCUT2D eigenvalue weighted by Crippen LogP contribution is -2.38. The highest BCUT2D eigenvalue weighted by Gasteiger charge is 2.41. The van der Waals surface area contributed by atoms with Crippen LogP contribution in [-0.4, -0.2) is 24.8 Å². The maximum absolute atomic E-state index is 11.7. The van der Waals surface area contributed by atoms with Crippen molar-refractivity contribution in [3.63, 3.8) is 0 Å². The van der Waals surface area contributed by atoms with Crippen molar-refractivity contribution >= 4 is 27.7 Å². The third-order valence-electron chi connectivity index (χ3n) is 2.62. The van der Waals surface area contributed by atoms with Crippen molar-refractivity contribution in [1.82, 2.24) is 0 Å². The van der Waals surface area contributed by atoms with Crippen molar-refractivity contribution in [2.24, 2.45) is 5.73 Å². The SMILES string of the molecule is CC1(CN)CN(c2ccccc2Br)C(=O)O1. The van der Waals surface area contributed by atoms with Crippen molar-refractivity contribution in [2.45, 2.75) is 12.5 Å². The minimum Gasteiger partial charge on any atom is -0.440 e. The topological polar surface area (TPSA) is 55.6 Å². The molecule has 1 aromatic rings. The number of hydrogen-bond acceptors (Lipinski definition) is 3. The molecule has 1 unspecified atom stereocenters. The molecular formula is C11H13BrN2O2. The van der Waals surface area contributed by atoms with Crippen LogP contribution in [0.25, 0.3) is 0 Å². The molecule has 0 saturated carbocycles. The fourth-order valence-corrected chi connectivity index (χ4v) is 2.16. The number of rotatable bonds is 2. The summed E-state index contributed by atoms with van der Waals surface area (Å²) in [6, 6.07) is 7.54. The molecular weight excluding hydrogens is 272 g/mol. The number of benzene rings is 1. The lowest BCUT2D eigenvalue weighted by Gasteiger charge is -2.19. The molecule has 1 aliphatic rings. The first-order valence-electron chi connectivity index (χ1n) is 5.01. The van der Waals surface area contributed by atoms with Crippen molar-refractivity contribution in [2.75, 3.05) is 18.0 Å². The van der Waals surface area contributed by atoms with Gasteiger partial charge in [0.1, 0.15) is 5.60 Å². The summed E-state index contributed by atoms with van der Waals surface area (Å²) in [5, 5.41) is 0. The summed E-state index contributed by atoms with van der Waals surface area (Å²) in [6.07, 6.45) is -0.347. The number of nitrogens with zero attached hydrogens (tertiary/aromatic N) is 1. The first-order valence-corrected chi connectivity index (χ1v) is 5.80. The van der Waals surface area contributed by atoms with Crippen LogP contribution in [0, 0.1) is 0 Å². The number of para-hydroxylation sites is 1. The Bertz CT molecular complexity index is 424. The Labute approximate surface area is 102 Å². The van der Waals surface area contributed by atoms with E-state index in [1.807, 2.05) is 31.2 Å². The molecule has 0 aromatic heterocycles. The van der Waals surface area contributed by atoms with Crippen LogP contribution in [0.4, 0.5) is 10.5 Å². The zero-order valence-corrected chi connectivity index (χ0v) is 10.5. The van der Waals surface area contributed by atoms with Crippen molar-refractivity contribution in [3.05, 3.63) is 28.7 Å². The van der Waals surface area contributed by atoms with Crippen LogP contribution >= 0.6 is 15.9 Å². The quantitative estimate of drug-likeness (QED) is 0.905. The van der Waals surface area contributed by atoms with Crippen LogP contribution in [0.5, 0.6) is 0 Å². The van der Waals surface area contributed by atoms with Crippen LogP contribution in [0.1, 0.15) is 6.92 Å². The highest BCUT2D eigenvalue weighted by molar-refractivity contribution is 9.10. The molecule has 4 nitrogen and oxygen atoms in total. The zero-order chi connectivity index (χ0) is 11.8. The molecule has 1 fully saturated rings. The summed E-state index contributed by atoms with van der Waals surface area (Å²) in [7, 11) is 0. The number of carbonyl (C=O) groups excluding carboxylic acids is 1. The first kappa shape index (κ1) is 11.4. The van der Waals surface area contributed by atoms with E-state index in [2.05, 4.69) is 15.9 Å². The van der Waals surface area contributed by atoms with Crippen LogP contribution in [0.3, 0.4) is 0 Å². The van der Waals surface area contributed by atoms with Gasteiger partial charge in [-0.15, -0.1) is 0 Å². The van der Waals surface area contributed by atoms with E-state index < -0.39 is 5.60 Å². The van der Waals surface area contributed by atoms with E-state index in [9.17, 15) is 4.79 Å². The summed E-state index contributed by atoms with van der Waals surface area (Å²) in [4.78, 5) is 13.3. The highest BCUT2D eigenvalue weighted by Crippen LogP contribution is 2.32. The third kappa shape index (κ3) is 1.92. The molecule has 1 aliphatic heterocycles. The van der Waals surface area contributed by atoms with Gasteiger partial charge in [-0.05, 0) is 35.0 Å². The lowest BCUT2D eigenvalue weighted by atomic mass is 10.1. The predicted molar refractivity (Wildman–Crippen MR) is 65.4 cm³/mol. The number of anilines is 1. The Kier molecular flexibility index (Phi) is 2.90. The molecule has 1 amide bonds. The molecule has 16 heavy (non-hydrogen) atoms. The van der Waals surface area contributed by atoms with Gasteiger partial charge in [-0.25, -0.2) is 4.79 Å². The van der Waals surface area contributed by atoms with Crippen molar-refractivity contribution < 1.29 is 9.53 Å². The number of nitrogens with two attached hydrogens (primary N) is 1. The largest absolute Gasteiger partial charge is 0.440 e. The van der Waals surface area contributed by atoms with Gasteiger partial charge in [-0.1, -0.05) is 12.1 Å². The van der Waals surface area contributed by atoms with E-state index in [-0.39, 0.29) is 6.09 Å². The monoisotopic (exact) mass is 284 g/mol. The number of hydrogen-bond donors (Lipinski definition) is 1. The molecule has 2 N–H and O–H groups in total. The van der Waals surface area contributed by atoms with Gasteiger partial charge >= 0.3 is 6.09 Å². The molecule has 86 valence electrons.